The third-order valence-electron chi connectivity index (χ3n) is 3.01. The van der Waals surface area contributed by atoms with Crippen LogP contribution in [0.5, 0.6) is 0 Å². The molecule has 108 valence electrons. The van der Waals surface area contributed by atoms with Crippen LogP contribution in [0.25, 0.3) is 0 Å². The summed E-state index contributed by atoms with van der Waals surface area (Å²) in [6.07, 6.45) is 0. The van der Waals surface area contributed by atoms with Gasteiger partial charge in [0.05, 0.1) is 0 Å². The SMILES string of the molecule is Cc1cc(C(=O)N(CC(=O)O)c2ccccc2)ccc1Br. The van der Waals surface area contributed by atoms with Gasteiger partial charge in [0.15, 0.2) is 0 Å². The highest BCUT2D eigenvalue weighted by molar-refractivity contribution is 9.10. The van der Waals surface area contributed by atoms with Gasteiger partial charge in [0.1, 0.15) is 6.54 Å². The van der Waals surface area contributed by atoms with Gasteiger partial charge in [-0.3, -0.25) is 14.5 Å². The van der Waals surface area contributed by atoms with Crippen LogP contribution in [-0.4, -0.2) is 23.5 Å². The second kappa shape index (κ2) is 6.54. The summed E-state index contributed by atoms with van der Waals surface area (Å²) in [6, 6.07) is 14.0. The lowest BCUT2D eigenvalue weighted by Gasteiger charge is -2.21. The molecule has 2 rings (SSSR count). The molecule has 0 aromatic heterocycles. The number of carboxylic acids is 1. The Hall–Kier alpha value is -2.14. The van der Waals surface area contributed by atoms with Crippen molar-refractivity contribution in [2.45, 2.75) is 6.92 Å². The average Bonchev–Trinajstić information content (AvgIpc) is 2.47. The number of hydrogen-bond donors (Lipinski definition) is 1. The average molecular weight is 348 g/mol. The molecule has 0 atom stereocenters. The second-order valence-electron chi connectivity index (χ2n) is 4.58. The van der Waals surface area contributed by atoms with Crippen LogP contribution in [0.2, 0.25) is 0 Å². The first-order valence-corrected chi connectivity index (χ1v) is 7.13. The van der Waals surface area contributed by atoms with Gasteiger partial charge in [-0.15, -0.1) is 0 Å². The molecule has 0 unspecified atom stereocenters. The molecule has 0 aliphatic carbocycles. The van der Waals surface area contributed by atoms with Gasteiger partial charge in [-0.2, -0.15) is 0 Å². The summed E-state index contributed by atoms with van der Waals surface area (Å²) >= 11 is 3.38. The topological polar surface area (TPSA) is 57.6 Å². The van der Waals surface area contributed by atoms with Gasteiger partial charge in [-0.25, -0.2) is 0 Å². The molecule has 0 bridgehead atoms. The van der Waals surface area contributed by atoms with Crippen molar-refractivity contribution in [2.24, 2.45) is 0 Å². The maximum atomic E-state index is 12.6. The van der Waals surface area contributed by atoms with E-state index in [0.29, 0.717) is 11.3 Å². The summed E-state index contributed by atoms with van der Waals surface area (Å²) in [5.41, 5.74) is 1.94. The summed E-state index contributed by atoms with van der Waals surface area (Å²) in [4.78, 5) is 24.9. The fourth-order valence-corrected chi connectivity index (χ4v) is 2.20. The molecule has 1 N–H and O–H groups in total. The molecule has 0 saturated carbocycles. The Morgan fingerprint density at radius 1 is 1.14 bits per heavy atom. The lowest BCUT2D eigenvalue weighted by atomic mass is 10.1. The molecule has 0 heterocycles. The zero-order valence-electron chi connectivity index (χ0n) is 11.4. The van der Waals surface area contributed by atoms with Crippen LogP contribution >= 0.6 is 15.9 Å². The number of carboxylic acid groups (broad SMARTS) is 1. The van der Waals surface area contributed by atoms with Crippen LogP contribution in [0.3, 0.4) is 0 Å². The normalized spacial score (nSPS) is 10.2. The summed E-state index contributed by atoms with van der Waals surface area (Å²) in [7, 11) is 0. The van der Waals surface area contributed by atoms with Gasteiger partial charge in [0.25, 0.3) is 5.91 Å². The van der Waals surface area contributed by atoms with Crippen LogP contribution in [0.4, 0.5) is 5.69 Å². The van der Waals surface area contributed by atoms with E-state index < -0.39 is 5.97 Å². The molecular formula is C16H14BrNO3. The summed E-state index contributed by atoms with van der Waals surface area (Å²) < 4.78 is 0.906. The minimum Gasteiger partial charge on any atom is -0.480 e. The number of amides is 1. The number of aliphatic carboxylic acids is 1. The van der Waals surface area contributed by atoms with E-state index in [1.807, 2.05) is 13.0 Å². The molecule has 4 nitrogen and oxygen atoms in total. The highest BCUT2D eigenvalue weighted by Gasteiger charge is 2.20. The Balaban J connectivity index is 2.38. The quantitative estimate of drug-likeness (QED) is 0.920. The highest BCUT2D eigenvalue weighted by Crippen LogP contribution is 2.21. The first-order chi connectivity index (χ1) is 9.99. The van der Waals surface area contributed by atoms with Gasteiger partial charge >= 0.3 is 5.97 Å². The number of carbonyl (C=O) groups is 2. The van der Waals surface area contributed by atoms with E-state index in [2.05, 4.69) is 15.9 Å². The largest absolute Gasteiger partial charge is 0.480 e. The predicted octanol–water partition coefficient (Wildman–Crippen LogP) is 3.49. The van der Waals surface area contributed by atoms with Crippen molar-refractivity contribution >= 4 is 33.5 Å². The Bertz CT molecular complexity index is 670. The minimum atomic E-state index is -1.05. The zero-order valence-corrected chi connectivity index (χ0v) is 13.0. The van der Waals surface area contributed by atoms with E-state index >= 15 is 0 Å². The molecule has 5 heteroatoms. The number of hydrogen-bond acceptors (Lipinski definition) is 2. The lowest BCUT2D eigenvalue weighted by molar-refractivity contribution is -0.135. The molecule has 0 aliphatic heterocycles. The molecule has 0 saturated heterocycles. The molecular weight excluding hydrogens is 334 g/mol. The lowest BCUT2D eigenvalue weighted by Crippen LogP contribution is -2.35. The van der Waals surface area contributed by atoms with Crippen LogP contribution in [0.1, 0.15) is 15.9 Å². The van der Waals surface area contributed by atoms with E-state index in [1.54, 1.807) is 42.5 Å². The Morgan fingerprint density at radius 3 is 2.38 bits per heavy atom. The molecule has 2 aromatic rings. The van der Waals surface area contributed by atoms with Crippen LogP contribution in [-0.2, 0) is 4.79 Å². The van der Waals surface area contributed by atoms with E-state index in [1.165, 1.54) is 4.90 Å². The summed E-state index contributed by atoms with van der Waals surface area (Å²) in [6.45, 7) is 1.50. The Labute approximate surface area is 131 Å². The first-order valence-electron chi connectivity index (χ1n) is 6.34. The molecule has 21 heavy (non-hydrogen) atoms. The smallest absolute Gasteiger partial charge is 0.323 e. The van der Waals surface area contributed by atoms with Crippen molar-refractivity contribution < 1.29 is 14.7 Å². The molecule has 0 fully saturated rings. The van der Waals surface area contributed by atoms with Gasteiger partial charge < -0.3 is 5.11 Å². The van der Waals surface area contributed by atoms with Gasteiger partial charge in [0, 0.05) is 15.7 Å². The molecule has 1 amide bonds. The maximum absolute atomic E-state index is 12.6. The molecule has 0 spiro atoms. The van der Waals surface area contributed by atoms with E-state index in [9.17, 15) is 9.59 Å². The van der Waals surface area contributed by atoms with Crippen LogP contribution in [0, 0.1) is 6.92 Å². The number of nitrogens with zero attached hydrogens (tertiary/aromatic N) is 1. The van der Waals surface area contributed by atoms with E-state index in [0.717, 1.165) is 10.0 Å². The third kappa shape index (κ3) is 3.70. The van der Waals surface area contributed by atoms with Crippen LogP contribution < -0.4 is 4.90 Å². The molecule has 2 aromatic carbocycles. The van der Waals surface area contributed by atoms with Gasteiger partial charge in [-0.1, -0.05) is 34.1 Å². The number of aryl methyl sites for hydroxylation is 1. The Morgan fingerprint density at radius 2 is 1.81 bits per heavy atom. The second-order valence-corrected chi connectivity index (χ2v) is 5.44. The van der Waals surface area contributed by atoms with Crippen molar-refractivity contribution in [1.82, 2.24) is 0 Å². The summed E-state index contributed by atoms with van der Waals surface area (Å²) in [5.74, 6) is -1.39. The van der Waals surface area contributed by atoms with Crippen molar-refractivity contribution in [3.63, 3.8) is 0 Å². The van der Waals surface area contributed by atoms with Crippen molar-refractivity contribution in [2.75, 3.05) is 11.4 Å². The number of benzene rings is 2. The monoisotopic (exact) mass is 347 g/mol. The fourth-order valence-electron chi connectivity index (χ4n) is 1.96. The number of para-hydroxylation sites is 1. The van der Waals surface area contributed by atoms with Gasteiger partial charge in [0.2, 0.25) is 0 Å². The number of rotatable bonds is 4. The van der Waals surface area contributed by atoms with Gasteiger partial charge in [-0.05, 0) is 42.8 Å². The van der Waals surface area contributed by atoms with E-state index in [-0.39, 0.29) is 12.5 Å². The molecule has 0 radical (unpaired) electrons. The first kappa shape index (κ1) is 15.3. The standard InChI is InChI=1S/C16H14BrNO3/c1-11-9-12(7-8-14(11)17)16(21)18(10-15(19)20)13-5-3-2-4-6-13/h2-9H,10H2,1H3,(H,19,20). The highest BCUT2D eigenvalue weighted by atomic mass is 79.9. The summed E-state index contributed by atoms with van der Waals surface area (Å²) in [5, 5.41) is 9.04. The fraction of sp³-hybridized carbons (Fsp3) is 0.125. The number of carbonyl (C=O) groups excluding carboxylic acids is 1. The van der Waals surface area contributed by atoms with E-state index in [4.69, 9.17) is 5.11 Å². The zero-order chi connectivity index (χ0) is 15.4. The number of anilines is 1. The Kier molecular flexibility index (Phi) is 4.75. The minimum absolute atomic E-state index is 0.334. The van der Waals surface area contributed by atoms with Crippen molar-refractivity contribution in [3.8, 4) is 0 Å². The predicted molar refractivity (Wildman–Crippen MR) is 84.6 cm³/mol. The molecule has 0 aliphatic rings. The van der Waals surface area contributed by atoms with Crippen LogP contribution in [0.15, 0.2) is 53.0 Å². The third-order valence-corrected chi connectivity index (χ3v) is 3.90. The van der Waals surface area contributed by atoms with Crippen molar-refractivity contribution in [3.05, 3.63) is 64.1 Å². The maximum Gasteiger partial charge on any atom is 0.323 e. The number of halogens is 1. The van der Waals surface area contributed by atoms with Crippen molar-refractivity contribution in [1.29, 1.82) is 0 Å².